The standard InChI is InChI=1S/C31H62N4O13P2/c1-23(28(32)34-22-37)17-35(7)29(45-15-14-43-8)27(25(44-9)20-46-49(39)40)48-50(41,42)47-19-24(18-36)12-10-11-13-33-26(38)16-31(5,6)21-30(2,3)4/h17,22,24-25,27,29,36,39-40H,10-16,18-21H2,1-9H3,(H,33,38)(H,41,42)(H2,32,34,37)/b23-17-. The maximum absolute atomic E-state index is 13.3. The summed E-state index contributed by atoms with van der Waals surface area (Å²) in [5.74, 6) is -0.636. The first-order valence-electron chi connectivity index (χ1n) is 16.4. The molecule has 0 aliphatic rings. The van der Waals surface area contributed by atoms with E-state index >= 15 is 0 Å². The molecule has 0 aromatic rings. The minimum Gasteiger partial charge on any atom is -0.396 e. The molecule has 17 nitrogen and oxygen atoms in total. The molecule has 0 aromatic carbocycles. The Labute approximate surface area is 298 Å². The quantitative estimate of drug-likeness (QED) is 0.0168. The van der Waals surface area contributed by atoms with E-state index < -0.39 is 47.4 Å². The first-order valence-corrected chi connectivity index (χ1v) is 19.0. The smallest absolute Gasteiger partial charge is 0.396 e. The normalized spacial score (nSPS) is 16.8. The Morgan fingerprint density at radius 2 is 1.78 bits per heavy atom. The van der Waals surface area contributed by atoms with E-state index in [0.29, 0.717) is 37.8 Å². The third-order valence-corrected chi connectivity index (χ3v) is 8.64. The number of aliphatic imine (C=N–C) groups is 1. The van der Waals surface area contributed by atoms with Crippen LogP contribution in [0.15, 0.2) is 16.8 Å². The number of aliphatic hydroxyl groups excluding tert-OH is 1. The molecule has 50 heavy (non-hydrogen) atoms. The molecule has 0 spiro atoms. The van der Waals surface area contributed by atoms with Crippen LogP contribution in [0.1, 0.15) is 73.6 Å². The zero-order valence-corrected chi connectivity index (χ0v) is 32.9. The third kappa shape index (κ3) is 22.4. The number of rotatable bonds is 28. The number of unbranched alkanes of at least 4 members (excludes halogenated alkanes) is 1. The van der Waals surface area contributed by atoms with Gasteiger partial charge in [0.25, 0.3) is 0 Å². The largest absolute Gasteiger partial charge is 0.472 e. The van der Waals surface area contributed by atoms with Crippen molar-refractivity contribution >= 4 is 34.6 Å². The lowest BCUT2D eigenvalue weighted by molar-refractivity contribution is -0.152. The summed E-state index contributed by atoms with van der Waals surface area (Å²) < 4.78 is 45.6. The van der Waals surface area contributed by atoms with Crippen LogP contribution in [0.25, 0.3) is 0 Å². The van der Waals surface area contributed by atoms with Crippen molar-refractivity contribution in [3.8, 4) is 0 Å². The third-order valence-electron chi connectivity index (χ3n) is 7.27. The molecule has 0 saturated carbocycles. The van der Waals surface area contributed by atoms with Gasteiger partial charge in [-0.1, -0.05) is 41.0 Å². The molecule has 0 radical (unpaired) electrons. The van der Waals surface area contributed by atoms with E-state index in [4.69, 9.17) is 33.5 Å². The van der Waals surface area contributed by atoms with E-state index in [1.165, 1.54) is 32.4 Å². The minimum atomic E-state index is -4.90. The number of amides is 2. The second kappa shape index (κ2) is 24.6. The molecule has 0 heterocycles. The highest BCUT2D eigenvalue weighted by Gasteiger charge is 2.41. The summed E-state index contributed by atoms with van der Waals surface area (Å²) in [5.41, 5.74) is 6.13. The number of carbonyl (C=O) groups excluding carboxylic acids is 2. The zero-order valence-electron chi connectivity index (χ0n) is 31.1. The van der Waals surface area contributed by atoms with Crippen molar-refractivity contribution in [3.63, 3.8) is 0 Å². The first-order chi connectivity index (χ1) is 23.2. The number of ether oxygens (including phenoxy) is 3. The van der Waals surface area contributed by atoms with E-state index in [1.54, 1.807) is 6.92 Å². The minimum absolute atomic E-state index is 0.0154. The van der Waals surface area contributed by atoms with E-state index in [9.17, 15) is 33.9 Å². The summed E-state index contributed by atoms with van der Waals surface area (Å²) in [4.78, 5) is 57.8. The van der Waals surface area contributed by atoms with Crippen molar-refractivity contribution in [2.24, 2.45) is 27.5 Å². The summed E-state index contributed by atoms with van der Waals surface area (Å²) in [6.45, 7) is 11.6. The molecule has 2 amide bonds. The average molecular weight is 761 g/mol. The van der Waals surface area contributed by atoms with Gasteiger partial charge in [-0.05, 0) is 37.0 Å². The van der Waals surface area contributed by atoms with Crippen molar-refractivity contribution in [3.05, 3.63) is 11.8 Å². The number of phosphoric acid groups is 1. The fourth-order valence-corrected chi connectivity index (χ4v) is 6.72. The topological polar surface area (TPSA) is 241 Å². The summed E-state index contributed by atoms with van der Waals surface area (Å²) >= 11 is 0. The Morgan fingerprint density at radius 1 is 1.12 bits per heavy atom. The number of nitrogens with one attached hydrogen (secondary N) is 1. The maximum Gasteiger partial charge on any atom is 0.472 e. The Hall–Kier alpha value is -1.59. The molecule has 19 heteroatoms. The number of amidine groups is 1. The number of nitrogens with zero attached hydrogens (tertiary/aromatic N) is 2. The molecule has 0 saturated heterocycles. The number of aliphatic hydroxyl groups is 1. The summed E-state index contributed by atoms with van der Waals surface area (Å²) in [5, 5.41) is 12.9. The number of phosphoric ester groups is 1. The molecule has 0 aromatic heterocycles. The number of nitrogens with two attached hydrogens (primary N) is 1. The molecular formula is C31H62N4O13P2. The first kappa shape index (κ1) is 48.4. The molecule has 294 valence electrons. The van der Waals surface area contributed by atoms with Crippen LogP contribution >= 0.6 is 16.4 Å². The lowest BCUT2D eigenvalue weighted by atomic mass is 9.74. The van der Waals surface area contributed by atoms with Crippen LogP contribution in [0.4, 0.5) is 0 Å². The highest BCUT2D eigenvalue weighted by molar-refractivity contribution is 7.47. The molecule has 0 aliphatic heterocycles. The molecule has 5 atom stereocenters. The molecular weight excluding hydrogens is 698 g/mol. The van der Waals surface area contributed by atoms with Crippen LogP contribution in [0.2, 0.25) is 0 Å². The summed E-state index contributed by atoms with van der Waals surface area (Å²) in [6.07, 6.45) is 0.828. The Morgan fingerprint density at radius 3 is 2.32 bits per heavy atom. The van der Waals surface area contributed by atoms with Gasteiger partial charge in [-0.2, -0.15) is 4.99 Å². The highest BCUT2D eigenvalue weighted by Crippen LogP contribution is 2.47. The second-order valence-corrected chi connectivity index (χ2v) is 16.2. The van der Waals surface area contributed by atoms with Crippen LogP contribution in [-0.2, 0) is 41.9 Å². The van der Waals surface area contributed by atoms with E-state index in [-0.39, 0.29) is 55.4 Å². The summed E-state index contributed by atoms with van der Waals surface area (Å²) in [6, 6.07) is 0. The predicted octanol–water partition coefficient (Wildman–Crippen LogP) is 2.82. The van der Waals surface area contributed by atoms with Crippen LogP contribution in [0, 0.1) is 16.7 Å². The lowest BCUT2D eigenvalue weighted by Gasteiger charge is -2.37. The van der Waals surface area contributed by atoms with Gasteiger partial charge in [0.15, 0.2) is 6.23 Å². The van der Waals surface area contributed by atoms with Gasteiger partial charge in [0.2, 0.25) is 12.3 Å². The van der Waals surface area contributed by atoms with Gasteiger partial charge in [-0.15, -0.1) is 0 Å². The van der Waals surface area contributed by atoms with Crippen LogP contribution in [0.5, 0.6) is 0 Å². The zero-order chi connectivity index (χ0) is 38.5. The Bertz CT molecular complexity index is 1090. The number of hydrogen-bond acceptors (Lipinski definition) is 13. The van der Waals surface area contributed by atoms with Gasteiger partial charge in [-0.3, -0.25) is 18.6 Å². The Kier molecular flexibility index (Phi) is 23.8. The number of carbonyl (C=O) groups is 2. The maximum atomic E-state index is 13.3. The average Bonchev–Trinajstić information content (AvgIpc) is 2.98. The van der Waals surface area contributed by atoms with Crippen molar-refractivity contribution in [2.75, 3.05) is 60.8 Å². The molecule has 0 rings (SSSR count). The van der Waals surface area contributed by atoms with Crippen molar-refractivity contribution in [1.82, 2.24) is 10.2 Å². The molecule has 0 bridgehead atoms. The van der Waals surface area contributed by atoms with E-state index in [2.05, 4.69) is 44.9 Å². The van der Waals surface area contributed by atoms with Gasteiger partial charge in [0.05, 0.1) is 26.4 Å². The van der Waals surface area contributed by atoms with Gasteiger partial charge in [-0.25, -0.2) is 4.57 Å². The fourth-order valence-electron chi connectivity index (χ4n) is 5.43. The van der Waals surface area contributed by atoms with Crippen molar-refractivity contribution < 1.29 is 61.7 Å². The van der Waals surface area contributed by atoms with Crippen LogP contribution < -0.4 is 11.1 Å². The van der Waals surface area contributed by atoms with E-state index in [1.807, 2.05) is 0 Å². The predicted molar refractivity (Wildman–Crippen MR) is 189 cm³/mol. The molecule has 7 N–H and O–H groups in total. The summed E-state index contributed by atoms with van der Waals surface area (Å²) in [7, 11) is -3.48. The molecule has 0 aliphatic carbocycles. The van der Waals surface area contributed by atoms with E-state index in [0.717, 1.165) is 6.42 Å². The molecule has 5 unspecified atom stereocenters. The van der Waals surface area contributed by atoms with Crippen LogP contribution in [0.3, 0.4) is 0 Å². The van der Waals surface area contributed by atoms with Crippen molar-refractivity contribution in [1.29, 1.82) is 0 Å². The lowest BCUT2D eigenvalue weighted by Crippen LogP contribution is -2.50. The number of methoxy groups -OCH3 is 2. The number of hydrogen-bond donors (Lipinski definition) is 6. The monoisotopic (exact) mass is 760 g/mol. The van der Waals surface area contributed by atoms with Gasteiger partial charge in [0.1, 0.15) is 18.0 Å². The van der Waals surface area contributed by atoms with Gasteiger partial charge >= 0.3 is 16.4 Å². The Balaban J connectivity index is 5.68. The van der Waals surface area contributed by atoms with Gasteiger partial charge < -0.3 is 54.5 Å². The highest BCUT2D eigenvalue weighted by atomic mass is 31.2. The van der Waals surface area contributed by atoms with Crippen LogP contribution in [-0.4, -0.2) is 122 Å². The fraction of sp³-hybridized carbons (Fsp3) is 0.839. The van der Waals surface area contributed by atoms with Crippen molar-refractivity contribution in [2.45, 2.75) is 92.1 Å². The number of likely N-dealkylation sites (N-methyl/N-ethyl adjacent to an activating group) is 1. The second-order valence-electron chi connectivity index (χ2n) is 14.0. The SMILES string of the molecule is COCCOC(C(OP(=O)(O)OCC(CO)CCCCNC(=O)CC(C)(C)CC(C)(C)C)C(COP(O)O)OC)N(C)/C=C(/C)C(N)=NC=O. The molecule has 0 fully saturated rings. The van der Waals surface area contributed by atoms with Gasteiger partial charge in [0, 0.05) is 58.5 Å².